The molecule has 0 aliphatic heterocycles. The number of amides is 2. The third-order valence-corrected chi connectivity index (χ3v) is 6.27. The number of rotatable bonds is 6. The molecule has 2 heterocycles. The number of nitrogens with one attached hydrogen (secondary N) is 1. The van der Waals surface area contributed by atoms with Crippen molar-refractivity contribution in [2.75, 3.05) is 13.6 Å². The topological polar surface area (TPSA) is 75.4 Å². The number of hydrogen-bond acceptors (Lipinski definition) is 5. The van der Waals surface area contributed by atoms with E-state index in [0.29, 0.717) is 23.4 Å². The van der Waals surface area contributed by atoms with E-state index < -0.39 is 0 Å². The van der Waals surface area contributed by atoms with Gasteiger partial charge in [0, 0.05) is 25.0 Å². The summed E-state index contributed by atoms with van der Waals surface area (Å²) in [5.41, 5.74) is 2.63. The Morgan fingerprint density at radius 3 is 2.68 bits per heavy atom. The summed E-state index contributed by atoms with van der Waals surface area (Å²) < 4.78 is 5.36. The molecule has 7 heteroatoms. The monoisotopic (exact) mass is 433 g/mol. The van der Waals surface area contributed by atoms with Gasteiger partial charge < -0.3 is 14.6 Å². The molecule has 2 amide bonds. The number of nitrogens with zero attached hydrogens (tertiary/aromatic N) is 2. The molecule has 4 aromatic rings. The van der Waals surface area contributed by atoms with Gasteiger partial charge in [-0.25, -0.2) is 4.98 Å². The molecule has 31 heavy (non-hydrogen) atoms. The highest BCUT2D eigenvalue weighted by molar-refractivity contribution is 7.15. The molecule has 1 N–H and O–H groups in total. The second-order valence-electron chi connectivity index (χ2n) is 7.39. The molecule has 0 unspecified atom stereocenters. The van der Waals surface area contributed by atoms with Crippen LogP contribution in [0.15, 0.2) is 65.3 Å². The first-order chi connectivity index (χ1) is 15.0. The van der Waals surface area contributed by atoms with Crippen molar-refractivity contribution in [2.24, 2.45) is 0 Å². The van der Waals surface area contributed by atoms with Crippen molar-refractivity contribution in [3.05, 3.63) is 77.1 Å². The fraction of sp³-hybridized carbons (Fsp3) is 0.208. The molecule has 2 aromatic carbocycles. The van der Waals surface area contributed by atoms with Crippen LogP contribution in [0.1, 0.15) is 32.8 Å². The predicted octanol–water partition coefficient (Wildman–Crippen LogP) is 4.76. The molecular weight excluding hydrogens is 410 g/mol. The minimum atomic E-state index is -0.217. The molecule has 0 saturated carbocycles. The predicted molar refractivity (Wildman–Crippen MR) is 122 cm³/mol. The number of carbonyl (C=O) groups is 2. The number of likely N-dealkylation sites (N-methyl/N-ethyl adjacent to an activating group) is 1. The molecule has 2 aromatic heterocycles. The van der Waals surface area contributed by atoms with Crippen LogP contribution in [0.25, 0.3) is 21.4 Å². The highest BCUT2D eigenvalue weighted by atomic mass is 32.1. The van der Waals surface area contributed by atoms with Crippen molar-refractivity contribution < 1.29 is 14.0 Å². The Hall–Kier alpha value is -3.45. The van der Waals surface area contributed by atoms with Gasteiger partial charge in [-0.2, -0.15) is 0 Å². The Morgan fingerprint density at radius 1 is 1.13 bits per heavy atom. The van der Waals surface area contributed by atoms with Crippen molar-refractivity contribution in [1.82, 2.24) is 15.2 Å². The number of aryl methyl sites for hydroxylation is 1. The molecule has 0 spiro atoms. The van der Waals surface area contributed by atoms with Crippen molar-refractivity contribution in [1.29, 1.82) is 0 Å². The van der Waals surface area contributed by atoms with Crippen LogP contribution >= 0.6 is 11.3 Å². The average Bonchev–Trinajstić information content (AvgIpc) is 3.43. The standard InChI is InChI=1S/C24H23N3O3S/c1-15(14-25-23(28)19-10-7-11-20-18(19)12-13-30-20)27(3)24(29)21-22(31-16(2)26-21)17-8-5-4-6-9-17/h4-13,15H,14H2,1-3H3,(H,25,28)/t15-/m1/s1. The van der Waals surface area contributed by atoms with E-state index in [-0.39, 0.29) is 17.9 Å². The van der Waals surface area contributed by atoms with Crippen LogP contribution in [0.4, 0.5) is 0 Å². The zero-order valence-electron chi connectivity index (χ0n) is 17.6. The lowest BCUT2D eigenvalue weighted by Gasteiger charge is -2.25. The molecule has 0 saturated heterocycles. The van der Waals surface area contributed by atoms with Crippen LogP contribution in [0, 0.1) is 6.92 Å². The third kappa shape index (κ3) is 4.22. The molecule has 158 valence electrons. The lowest BCUT2D eigenvalue weighted by Crippen LogP contribution is -2.43. The molecule has 0 aliphatic rings. The smallest absolute Gasteiger partial charge is 0.274 e. The highest BCUT2D eigenvalue weighted by Gasteiger charge is 2.25. The normalized spacial score (nSPS) is 12.0. The van der Waals surface area contributed by atoms with Gasteiger partial charge in [-0.1, -0.05) is 36.4 Å². The number of hydrogen-bond donors (Lipinski definition) is 1. The lowest BCUT2D eigenvalue weighted by molar-refractivity contribution is 0.0727. The zero-order chi connectivity index (χ0) is 22.0. The van der Waals surface area contributed by atoms with Gasteiger partial charge in [-0.05, 0) is 37.6 Å². The van der Waals surface area contributed by atoms with Crippen LogP contribution < -0.4 is 5.32 Å². The summed E-state index contributed by atoms with van der Waals surface area (Å²) in [6.45, 7) is 4.12. The van der Waals surface area contributed by atoms with Crippen molar-refractivity contribution in [3.8, 4) is 10.4 Å². The maximum Gasteiger partial charge on any atom is 0.274 e. The number of carbonyl (C=O) groups excluding carboxylic acids is 2. The second kappa shape index (κ2) is 8.73. The average molecular weight is 434 g/mol. The van der Waals surface area contributed by atoms with Gasteiger partial charge in [0.15, 0.2) is 0 Å². The molecule has 6 nitrogen and oxygen atoms in total. The van der Waals surface area contributed by atoms with Gasteiger partial charge in [-0.3, -0.25) is 9.59 Å². The van der Waals surface area contributed by atoms with Gasteiger partial charge in [0.1, 0.15) is 11.3 Å². The first-order valence-electron chi connectivity index (χ1n) is 10.00. The fourth-order valence-corrected chi connectivity index (χ4v) is 4.30. The minimum Gasteiger partial charge on any atom is -0.464 e. The van der Waals surface area contributed by atoms with Gasteiger partial charge in [-0.15, -0.1) is 11.3 Å². The maximum atomic E-state index is 13.2. The van der Waals surface area contributed by atoms with Crippen molar-refractivity contribution in [2.45, 2.75) is 19.9 Å². The van der Waals surface area contributed by atoms with Crippen molar-refractivity contribution in [3.63, 3.8) is 0 Å². The van der Waals surface area contributed by atoms with Crippen LogP contribution in [0.3, 0.4) is 0 Å². The van der Waals surface area contributed by atoms with Crippen LogP contribution in [-0.4, -0.2) is 41.3 Å². The molecule has 1 atom stereocenters. The summed E-state index contributed by atoms with van der Waals surface area (Å²) in [7, 11) is 1.74. The minimum absolute atomic E-state index is 0.165. The van der Waals surface area contributed by atoms with Gasteiger partial charge >= 0.3 is 0 Å². The third-order valence-electron chi connectivity index (χ3n) is 5.25. The number of thiazole rings is 1. The van der Waals surface area contributed by atoms with E-state index >= 15 is 0 Å². The maximum absolute atomic E-state index is 13.2. The lowest BCUT2D eigenvalue weighted by atomic mass is 10.1. The van der Waals surface area contributed by atoms with Crippen LogP contribution in [0.5, 0.6) is 0 Å². The number of fused-ring (bicyclic) bond motifs is 1. The number of furan rings is 1. The Labute approximate surface area is 184 Å². The quantitative estimate of drug-likeness (QED) is 0.476. The zero-order valence-corrected chi connectivity index (χ0v) is 18.4. The molecule has 0 radical (unpaired) electrons. The van der Waals surface area contributed by atoms with Gasteiger partial charge in [0.2, 0.25) is 0 Å². The molecule has 4 rings (SSSR count). The summed E-state index contributed by atoms with van der Waals surface area (Å²) in [5, 5.41) is 4.53. The van der Waals surface area contributed by atoms with E-state index in [1.165, 1.54) is 11.3 Å². The Balaban J connectivity index is 1.46. The van der Waals surface area contributed by atoms with Crippen LogP contribution in [0.2, 0.25) is 0 Å². The summed E-state index contributed by atoms with van der Waals surface area (Å²) in [6.07, 6.45) is 1.57. The van der Waals surface area contributed by atoms with Crippen molar-refractivity contribution >= 4 is 34.1 Å². The number of aromatic nitrogens is 1. The highest BCUT2D eigenvalue weighted by Crippen LogP contribution is 2.31. The molecule has 0 aliphatic carbocycles. The fourth-order valence-electron chi connectivity index (χ4n) is 3.39. The largest absolute Gasteiger partial charge is 0.464 e. The first-order valence-corrected chi connectivity index (χ1v) is 10.8. The summed E-state index contributed by atoms with van der Waals surface area (Å²) in [4.78, 5) is 32.9. The second-order valence-corrected chi connectivity index (χ2v) is 8.59. The first kappa shape index (κ1) is 20.8. The number of benzene rings is 2. The molecular formula is C24H23N3O3S. The Kier molecular flexibility index (Phi) is 5.86. The van der Waals surface area contributed by atoms with Gasteiger partial charge in [0.25, 0.3) is 11.8 Å². The molecule has 0 fully saturated rings. The van der Waals surface area contributed by atoms with E-state index in [2.05, 4.69) is 10.3 Å². The van der Waals surface area contributed by atoms with E-state index in [1.807, 2.05) is 50.2 Å². The van der Waals surface area contributed by atoms with Crippen LogP contribution in [-0.2, 0) is 0 Å². The SMILES string of the molecule is Cc1nc(C(=O)N(C)[C@H](C)CNC(=O)c2cccc3occc23)c(-c2ccccc2)s1. The van der Waals surface area contributed by atoms with Gasteiger partial charge in [0.05, 0.1) is 21.7 Å². The Morgan fingerprint density at radius 2 is 1.90 bits per heavy atom. The van der Waals surface area contributed by atoms with E-state index in [4.69, 9.17) is 4.42 Å². The van der Waals surface area contributed by atoms with E-state index in [9.17, 15) is 9.59 Å². The molecule has 0 bridgehead atoms. The summed E-state index contributed by atoms with van der Waals surface area (Å²) >= 11 is 1.51. The van der Waals surface area contributed by atoms with E-state index in [0.717, 1.165) is 20.8 Å². The Bertz CT molecular complexity index is 1230. The summed E-state index contributed by atoms with van der Waals surface area (Å²) in [6, 6.07) is 16.7. The van der Waals surface area contributed by atoms with E-state index in [1.54, 1.807) is 36.4 Å². The summed E-state index contributed by atoms with van der Waals surface area (Å²) in [5.74, 6) is -0.365.